The molecule has 18 heavy (non-hydrogen) atoms. The number of nitrogen functional groups attached to an aromatic ring is 1. The molecule has 96 valence electrons. The lowest BCUT2D eigenvalue weighted by molar-refractivity contribution is -0.383. The van der Waals surface area contributed by atoms with Gasteiger partial charge in [-0.25, -0.2) is 4.79 Å². The second-order valence-electron chi connectivity index (χ2n) is 3.63. The van der Waals surface area contributed by atoms with Crippen molar-refractivity contribution >= 4 is 23.4 Å². The minimum absolute atomic E-state index is 0.0335. The SMILES string of the molecule is CCOC(=O)C=Cc1cc(C)cc([N+](=O)[O-])c1N. The Balaban J connectivity index is 3.10. The summed E-state index contributed by atoms with van der Waals surface area (Å²) in [6, 6.07) is 3.05. The van der Waals surface area contributed by atoms with E-state index in [2.05, 4.69) is 0 Å². The van der Waals surface area contributed by atoms with E-state index >= 15 is 0 Å². The van der Waals surface area contributed by atoms with Crippen LogP contribution >= 0.6 is 0 Å². The van der Waals surface area contributed by atoms with E-state index in [1.807, 2.05) is 0 Å². The predicted molar refractivity (Wildman–Crippen MR) is 67.9 cm³/mol. The van der Waals surface area contributed by atoms with Crippen molar-refractivity contribution in [1.29, 1.82) is 0 Å². The summed E-state index contributed by atoms with van der Waals surface area (Å²) in [5, 5.41) is 10.8. The number of nitro groups is 1. The molecule has 0 aliphatic rings. The summed E-state index contributed by atoms with van der Waals surface area (Å²) < 4.78 is 4.71. The van der Waals surface area contributed by atoms with Crippen molar-refractivity contribution in [2.45, 2.75) is 13.8 Å². The Morgan fingerprint density at radius 3 is 2.78 bits per heavy atom. The van der Waals surface area contributed by atoms with Crippen LogP contribution in [-0.2, 0) is 9.53 Å². The fourth-order valence-electron chi connectivity index (χ4n) is 1.44. The number of nitro benzene ring substituents is 1. The van der Waals surface area contributed by atoms with Crippen molar-refractivity contribution < 1.29 is 14.5 Å². The van der Waals surface area contributed by atoms with Crippen LogP contribution in [0.2, 0.25) is 0 Å². The van der Waals surface area contributed by atoms with E-state index in [-0.39, 0.29) is 18.0 Å². The number of carbonyl (C=O) groups is 1. The van der Waals surface area contributed by atoms with Gasteiger partial charge in [0.25, 0.3) is 5.69 Å². The first-order valence-corrected chi connectivity index (χ1v) is 5.35. The van der Waals surface area contributed by atoms with E-state index in [9.17, 15) is 14.9 Å². The molecule has 1 rings (SSSR count). The van der Waals surface area contributed by atoms with Crippen molar-refractivity contribution in [3.05, 3.63) is 39.4 Å². The molecule has 0 bridgehead atoms. The number of rotatable bonds is 4. The van der Waals surface area contributed by atoms with Gasteiger partial charge in [0.15, 0.2) is 0 Å². The molecule has 0 radical (unpaired) electrons. The van der Waals surface area contributed by atoms with Crippen molar-refractivity contribution in [2.75, 3.05) is 12.3 Å². The fourth-order valence-corrected chi connectivity index (χ4v) is 1.44. The summed E-state index contributed by atoms with van der Waals surface area (Å²) in [6.07, 6.45) is 2.60. The zero-order chi connectivity index (χ0) is 13.7. The van der Waals surface area contributed by atoms with E-state index in [0.29, 0.717) is 11.1 Å². The maximum atomic E-state index is 11.1. The molecule has 0 aromatic heterocycles. The standard InChI is InChI=1S/C12H14N2O4/c1-3-18-11(15)5-4-9-6-8(2)7-10(12(9)13)14(16)17/h4-7H,3,13H2,1-2H3. The van der Waals surface area contributed by atoms with Gasteiger partial charge in [0.05, 0.1) is 11.5 Å². The molecule has 1 aromatic carbocycles. The van der Waals surface area contributed by atoms with Gasteiger partial charge in [-0.15, -0.1) is 0 Å². The summed E-state index contributed by atoms with van der Waals surface area (Å²) in [5.74, 6) is -0.513. The molecule has 6 nitrogen and oxygen atoms in total. The maximum absolute atomic E-state index is 11.1. The predicted octanol–water partition coefficient (Wildman–Crippen LogP) is 2.06. The largest absolute Gasteiger partial charge is 0.463 e. The lowest BCUT2D eigenvalue weighted by Gasteiger charge is -2.03. The first kappa shape index (κ1) is 13.7. The topological polar surface area (TPSA) is 95.5 Å². The van der Waals surface area contributed by atoms with Gasteiger partial charge in [-0.2, -0.15) is 0 Å². The molecule has 0 saturated heterocycles. The molecule has 0 unspecified atom stereocenters. The Hall–Kier alpha value is -2.37. The highest BCUT2D eigenvalue weighted by Crippen LogP contribution is 2.27. The van der Waals surface area contributed by atoms with Gasteiger partial charge in [-0.1, -0.05) is 0 Å². The number of hydrogen-bond acceptors (Lipinski definition) is 5. The van der Waals surface area contributed by atoms with Gasteiger partial charge in [0.1, 0.15) is 5.69 Å². The molecule has 6 heteroatoms. The monoisotopic (exact) mass is 250 g/mol. The van der Waals surface area contributed by atoms with Gasteiger partial charge < -0.3 is 10.5 Å². The van der Waals surface area contributed by atoms with Gasteiger partial charge in [0.2, 0.25) is 0 Å². The lowest BCUT2D eigenvalue weighted by atomic mass is 10.1. The average molecular weight is 250 g/mol. The fraction of sp³-hybridized carbons (Fsp3) is 0.250. The molecule has 0 heterocycles. The highest BCUT2D eigenvalue weighted by molar-refractivity contribution is 5.89. The van der Waals surface area contributed by atoms with Crippen molar-refractivity contribution in [1.82, 2.24) is 0 Å². The number of aryl methyl sites for hydroxylation is 1. The third-order valence-electron chi connectivity index (χ3n) is 2.22. The van der Waals surface area contributed by atoms with E-state index in [1.54, 1.807) is 19.9 Å². The highest BCUT2D eigenvalue weighted by Gasteiger charge is 2.14. The number of esters is 1. The second-order valence-corrected chi connectivity index (χ2v) is 3.63. The van der Waals surface area contributed by atoms with Crippen LogP contribution in [0.1, 0.15) is 18.1 Å². The quantitative estimate of drug-likeness (QED) is 0.290. The van der Waals surface area contributed by atoms with Crippen LogP contribution in [0, 0.1) is 17.0 Å². The number of ether oxygens (including phenoxy) is 1. The van der Waals surface area contributed by atoms with Crippen LogP contribution in [-0.4, -0.2) is 17.5 Å². The zero-order valence-corrected chi connectivity index (χ0v) is 10.2. The number of hydrogen-bond donors (Lipinski definition) is 1. The van der Waals surface area contributed by atoms with Crippen LogP contribution < -0.4 is 5.73 Å². The normalized spacial score (nSPS) is 10.6. The summed E-state index contributed by atoms with van der Waals surface area (Å²) in [5.41, 5.74) is 6.65. The summed E-state index contributed by atoms with van der Waals surface area (Å²) in [7, 11) is 0. The Morgan fingerprint density at radius 2 is 2.22 bits per heavy atom. The summed E-state index contributed by atoms with van der Waals surface area (Å²) >= 11 is 0. The van der Waals surface area contributed by atoms with E-state index in [4.69, 9.17) is 10.5 Å². The molecule has 0 amide bonds. The molecule has 0 aliphatic carbocycles. The molecule has 0 aliphatic heterocycles. The van der Waals surface area contributed by atoms with Crippen LogP contribution in [0.15, 0.2) is 18.2 Å². The number of benzene rings is 1. The zero-order valence-electron chi connectivity index (χ0n) is 10.2. The van der Waals surface area contributed by atoms with Gasteiger partial charge >= 0.3 is 5.97 Å². The third kappa shape index (κ3) is 3.31. The van der Waals surface area contributed by atoms with Crippen LogP contribution in [0.3, 0.4) is 0 Å². The number of nitrogens with two attached hydrogens (primary N) is 1. The third-order valence-corrected chi connectivity index (χ3v) is 2.22. The minimum atomic E-state index is -0.552. The Morgan fingerprint density at radius 1 is 1.56 bits per heavy atom. The maximum Gasteiger partial charge on any atom is 0.330 e. The average Bonchev–Trinajstić information content (AvgIpc) is 2.30. The highest BCUT2D eigenvalue weighted by atomic mass is 16.6. The Bertz CT molecular complexity index is 509. The number of anilines is 1. The molecule has 1 aromatic rings. The van der Waals surface area contributed by atoms with Crippen LogP contribution in [0.5, 0.6) is 0 Å². The molecule has 2 N–H and O–H groups in total. The Labute approximate surface area is 104 Å². The van der Waals surface area contributed by atoms with Crippen molar-refractivity contribution in [3.8, 4) is 0 Å². The number of nitrogens with zero attached hydrogens (tertiary/aromatic N) is 1. The molecule has 0 atom stereocenters. The van der Waals surface area contributed by atoms with Crippen molar-refractivity contribution in [2.24, 2.45) is 0 Å². The molecule has 0 saturated carbocycles. The second kappa shape index (κ2) is 5.81. The van der Waals surface area contributed by atoms with E-state index in [0.717, 1.165) is 0 Å². The first-order valence-electron chi connectivity index (χ1n) is 5.35. The minimum Gasteiger partial charge on any atom is -0.463 e. The molecule has 0 spiro atoms. The number of carbonyl (C=O) groups excluding carboxylic acids is 1. The van der Waals surface area contributed by atoms with E-state index in [1.165, 1.54) is 18.2 Å². The van der Waals surface area contributed by atoms with Crippen LogP contribution in [0.25, 0.3) is 6.08 Å². The molecular formula is C12H14N2O4. The molecule has 0 fully saturated rings. The first-order chi connectivity index (χ1) is 8.45. The van der Waals surface area contributed by atoms with Crippen molar-refractivity contribution in [3.63, 3.8) is 0 Å². The Kier molecular flexibility index (Phi) is 4.42. The smallest absolute Gasteiger partial charge is 0.330 e. The van der Waals surface area contributed by atoms with E-state index < -0.39 is 10.9 Å². The van der Waals surface area contributed by atoms with Gasteiger partial charge in [-0.05, 0) is 31.6 Å². The van der Waals surface area contributed by atoms with Crippen LogP contribution in [0.4, 0.5) is 11.4 Å². The summed E-state index contributed by atoms with van der Waals surface area (Å²) in [4.78, 5) is 21.4. The van der Waals surface area contributed by atoms with Gasteiger partial charge in [-0.3, -0.25) is 10.1 Å². The lowest BCUT2D eigenvalue weighted by Crippen LogP contribution is -2.01. The summed E-state index contributed by atoms with van der Waals surface area (Å²) in [6.45, 7) is 3.68. The molecular weight excluding hydrogens is 236 g/mol. The van der Waals surface area contributed by atoms with Gasteiger partial charge in [0, 0.05) is 17.7 Å².